The first-order valence-electron chi connectivity index (χ1n) is 5.63. The molecule has 1 amide bonds. The molecule has 0 radical (unpaired) electrons. The van der Waals surface area contributed by atoms with Gasteiger partial charge in [0.2, 0.25) is 0 Å². The van der Waals surface area contributed by atoms with Crippen molar-refractivity contribution in [2.75, 3.05) is 6.54 Å². The van der Waals surface area contributed by atoms with Crippen molar-refractivity contribution < 1.29 is 4.79 Å². The molecule has 18 heavy (non-hydrogen) atoms. The van der Waals surface area contributed by atoms with Crippen LogP contribution in [0.3, 0.4) is 0 Å². The summed E-state index contributed by atoms with van der Waals surface area (Å²) in [6.07, 6.45) is 6.07. The van der Waals surface area contributed by atoms with Gasteiger partial charge in [0.05, 0.1) is 0 Å². The zero-order valence-corrected chi connectivity index (χ0v) is 11.3. The van der Waals surface area contributed by atoms with Crippen molar-refractivity contribution in [2.24, 2.45) is 0 Å². The second kappa shape index (κ2) is 6.30. The van der Waals surface area contributed by atoms with E-state index < -0.39 is 0 Å². The van der Waals surface area contributed by atoms with E-state index in [9.17, 15) is 4.79 Å². The Morgan fingerprint density at radius 3 is 3.00 bits per heavy atom. The molecule has 0 aliphatic heterocycles. The quantitative estimate of drug-likeness (QED) is 0.858. The molecule has 5 nitrogen and oxygen atoms in total. The Bertz CT molecular complexity index is 513. The van der Waals surface area contributed by atoms with Crippen LogP contribution < -0.4 is 5.32 Å². The van der Waals surface area contributed by atoms with Crippen molar-refractivity contribution in [2.45, 2.75) is 13.0 Å². The van der Waals surface area contributed by atoms with Crippen LogP contribution in [0, 0.1) is 0 Å². The number of carbonyl (C=O) groups is 1. The van der Waals surface area contributed by atoms with Gasteiger partial charge in [-0.2, -0.15) is 5.10 Å². The van der Waals surface area contributed by atoms with Crippen LogP contribution in [0.15, 0.2) is 41.3 Å². The van der Waals surface area contributed by atoms with E-state index in [2.05, 4.69) is 31.3 Å². The maximum absolute atomic E-state index is 11.8. The van der Waals surface area contributed by atoms with Gasteiger partial charge < -0.3 is 5.32 Å². The number of aryl methyl sites for hydroxylation is 1. The number of carbonyl (C=O) groups excluding carboxylic acids is 1. The predicted octanol–water partition coefficient (Wildman–Crippen LogP) is 1.86. The van der Waals surface area contributed by atoms with Gasteiger partial charge in [0, 0.05) is 36.2 Å². The molecule has 0 aliphatic rings. The van der Waals surface area contributed by atoms with Crippen molar-refractivity contribution in [3.63, 3.8) is 0 Å². The largest absolute Gasteiger partial charge is 0.351 e. The summed E-state index contributed by atoms with van der Waals surface area (Å²) in [5.41, 5.74) is 0.414. The van der Waals surface area contributed by atoms with Crippen LogP contribution in [0.25, 0.3) is 0 Å². The number of aromatic nitrogens is 3. The number of amides is 1. The van der Waals surface area contributed by atoms with E-state index >= 15 is 0 Å². The summed E-state index contributed by atoms with van der Waals surface area (Å²) in [6, 6.07) is 5.45. The highest BCUT2D eigenvalue weighted by molar-refractivity contribution is 9.10. The normalized spacial score (nSPS) is 10.3. The van der Waals surface area contributed by atoms with E-state index in [0.29, 0.717) is 16.7 Å². The first-order chi connectivity index (χ1) is 8.77. The molecule has 0 saturated carbocycles. The number of nitrogens with zero attached hydrogens (tertiary/aromatic N) is 3. The van der Waals surface area contributed by atoms with Gasteiger partial charge in [-0.25, -0.2) is 4.98 Å². The summed E-state index contributed by atoms with van der Waals surface area (Å²) in [7, 11) is 0. The van der Waals surface area contributed by atoms with E-state index in [1.165, 1.54) is 0 Å². The molecular weight excluding hydrogens is 296 g/mol. The third-order valence-corrected chi connectivity index (χ3v) is 3.02. The summed E-state index contributed by atoms with van der Waals surface area (Å²) < 4.78 is 2.54. The van der Waals surface area contributed by atoms with E-state index in [-0.39, 0.29) is 5.91 Å². The van der Waals surface area contributed by atoms with Gasteiger partial charge >= 0.3 is 0 Å². The average molecular weight is 309 g/mol. The minimum absolute atomic E-state index is 0.164. The Balaban J connectivity index is 1.77. The van der Waals surface area contributed by atoms with Gasteiger partial charge in [-0.1, -0.05) is 0 Å². The summed E-state index contributed by atoms with van der Waals surface area (Å²) in [4.78, 5) is 15.8. The molecule has 2 rings (SSSR count). The van der Waals surface area contributed by atoms with Crippen LogP contribution in [0.2, 0.25) is 0 Å². The molecule has 94 valence electrons. The van der Waals surface area contributed by atoms with Gasteiger partial charge in [0.15, 0.2) is 0 Å². The zero-order valence-electron chi connectivity index (χ0n) is 9.71. The number of halogens is 1. The number of hydrogen-bond acceptors (Lipinski definition) is 3. The first kappa shape index (κ1) is 12.8. The molecule has 0 aliphatic carbocycles. The molecular formula is C12H13BrN4O. The lowest BCUT2D eigenvalue weighted by Crippen LogP contribution is -2.26. The highest BCUT2D eigenvalue weighted by Crippen LogP contribution is 2.12. The Hall–Kier alpha value is -1.69. The fraction of sp³-hybridized carbons (Fsp3) is 0.250. The number of nitrogens with one attached hydrogen (secondary N) is 1. The molecule has 2 heterocycles. The first-order valence-corrected chi connectivity index (χ1v) is 6.43. The molecule has 0 unspecified atom stereocenters. The van der Waals surface area contributed by atoms with Gasteiger partial charge in [-0.05, 0) is 40.5 Å². The predicted molar refractivity (Wildman–Crippen MR) is 71.1 cm³/mol. The fourth-order valence-corrected chi connectivity index (χ4v) is 1.95. The highest BCUT2D eigenvalue weighted by atomic mass is 79.9. The molecule has 2 aromatic rings. The second-order valence-electron chi connectivity index (χ2n) is 3.71. The smallest absolute Gasteiger partial charge is 0.271 e. The molecule has 0 bridgehead atoms. The molecule has 2 aromatic heterocycles. The van der Waals surface area contributed by atoms with Crippen molar-refractivity contribution in [3.05, 3.63) is 47.0 Å². The number of rotatable bonds is 5. The van der Waals surface area contributed by atoms with Crippen molar-refractivity contribution in [3.8, 4) is 0 Å². The van der Waals surface area contributed by atoms with Crippen LogP contribution in [0.4, 0.5) is 0 Å². The maximum atomic E-state index is 11.8. The van der Waals surface area contributed by atoms with Crippen molar-refractivity contribution >= 4 is 21.8 Å². The summed E-state index contributed by atoms with van der Waals surface area (Å²) in [5, 5.41) is 6.92. The highest BCUT2D eigenvalue weighted by Gasteiger charge is 2.09. The van der Waals surface area contributed by atoms with E-state index in [0.717, 1.165) is 13.0 Å². The Labute approximate surface area is 113 Å². The van der Waals surface area contributed by atoms with E-state index in [1.54, 1.807) is 24.5 Å². The minimum Gasteiger partial charge on any atom is -0.351 e. The average Bonchev–Trinajstić information content (AvgIpc) is 2.88. The van der Waals surface area contributed by atoms with Crippen molar-refractivity contribution in [1.82, 2.24) is 20.1 Å². The Morgan fingerprint density at radius 1 is 1.39 bits per heavy atom. The van der Waals surface area contributed by atoms with Crippen LogP contribution in [0.1, 0.15) is 16.9 Å². The van der Waals surface area contributed by atoms with Gasteiger partial charge in [0.1, 0.15) is 5.69 Å². The summed E-state index contributed by atoms with van der Waals surface area (Å²) in [6.45, 7) is 1.39. The number of hydrogen-bond donors (Lipinski definition) is 1. The monoisotopic (exact) mass is 308 g/mol. The molecule has 0 fully saturated rings. The zero-order chi connectivity index (χ0) is 12.8. The van der Waals surface area contributed by atoms with Gasteiger partial charge in [-0.15, -0.1) is 0 Å². The molecule has 0 saturated heterocycles. The SMILES string of the molecule is O=C(NCCCn1cccn1)c1ncccc1Br. The third-order valence-electron chi connectivity index (χ3n) is 2.38. The van der Waals surface area contributed by atoms with Crippen LogP contribution in [-0.4, -0.2) is 27.2 Å². The van der Waals surface area contributed by atoms with Crippen LogP contribution in [0.5, 0.6) is 0 Å². The lowest BCUT2D eigenvalue weighted by molar-refractivity contribution is 0.0947. The molecule has 0 atom stereocenters. The molecule has 0 aromatic carbocycles. The van der Waals surface area contributed by atoms with Gasteiger partial charge in [-0.3, -0.25) is 9.48 Å². The van der Waals surface area contributed by atoms with Crippen LogP contribution >= 0.6 is 15.9 Å². The number of pyridine rings is 1. The third kappa shape index (κ3) is 3.40. The molecule has 6 heteroatoms. The minimum atomic E-state index is -0.164. The van der Waals surface area contributed by atoms with Gasteiger partial charge in [0.25, 0.3) is 5.91 Å². The second-order valence-corrected chi connectivity index (χ2v) is 4.57. The Morgan fingerprint density at radius 2 is 2.28 bits per heavy atom. The van der Waals surface area contributed by atoms with E-state index in [4.69, 9.17) is 0 Å². The van der Waals surface area contributed by atoms with E-state index in [1.807, 2.05) is 16.9 Å². The lowest BCUT2D eigenvalue weighted by atomic mass is 10.3. The Kier molecular flexibility index (Phi) is 4.46. The molecule has 1 N–H and O–H groups in total. The van der Waals surface area contributed by atoms with Crippen molar-refractivity contribution in [1.29, 1.82) is 0 Å². The summed E-state index contributed by atoms with van der Waals surface area (Å²) >= 11 is 3.30. The maximum Gasteiger partial charge on any atom is 0.271 e. The molecule has 0 spiro atoms. The standard InChI is InChI=1S/C12H13BrN4O/c13-10-4-1-5-14-11(10)12(18)15-6-2-8-17-9-3-7-16-17/h1,3-5,7,9H,2,6,8H2,(H,15,18). The fourth-order valence-electron chi connectivity index (χ4n) is 1.51. The van der Waals surface area contributed by atoms with Crippen LogP contribution in [-0.2, 0) is 6.54 Å². The topological polar surface area (TPSA) is 59.8 Å². The lowest BCUT2D eigenvalue weighted by Gasteiger charge is -2.06. The summed E-state index contributed by atoms with van der Waals surface area (Å²) in [5.74, 6) is -0.164.